The normalized spacial score (nSPS) is 20.2. The Balaban J connectivity index is 1.48. The second-order valence-corrected chi connectivity index (χ2v) is 9.55. The van der Waals surface area contributed by atoms with Gasteiger partial charge in [0.25, 0.3) is 0 Å². The van der Waals surface area contributed by atoms with Crippen LogP contribution >= 0.6 is 0 Å². The molecule has 1 fully saturated rings. The molecule has 0 N–H and O–H groups in total. The minimum atomic E-state index is -1.52. The SMILES string of the molecule is CCCCCCc1cnc(-c2ccc(C3CCC(OC(=O)[C@@H](F)[C@@H](C)CC)CC3)cc2)nc1. The fraction of sp³-hybridized carbons (Fsp3) is 0.607. The Bertz CT molecular complexity index is 845. The van der Waals surface area contributed by atoms with Crippen LogP contribution in [0.1, 0.15) is 95.6 Å². The first-order chi connectivity index (χ1) is 16.0. The van der Waals surface area contributed by atoms with Crippen molar-refractivity contribution in [2.75, 3.05) is 0 Å². The third-order valence-electron chi connectivity index (χ3n) is 6.99. The summed E-state index contributed by atoms with van der Waals surface area (Å²) in [6.07, 6.45) is 12.4. The fourth-order valence-electron chi connectivity index (χ4n) is 4.48. The highest BCUT2D eigenvalue weighted by molar-refractivity contribution is 5.75. The van der Waals surface area contributed by atoms with Gasteiger partial charge in [-0.2, -0.15) is 0 Å². The zero-order valence-corrected chi connectivity index (χ0v) is 20.4. The van der Waals surface area contributed by atoms with E-state index in [2.05, 4.69) is 41.2 Å². The van der Waals surface area contributed by atoms with Gasteiger partial charge in [0.15, 0.2) is 12.0 Å². The second-order valence-electron chi connectivity index (χ2n) is 9.55. The van der Waals surface area contributed by atoms with Gasteiger partial charge in [-0.25, -0.2) is 19.2 Å². The van der Waals surface area contributed by atoms with E-state index >= 15 is 0 Å². The molecule has 0 bridgehead atoms. The quantitative estimate of drug-likeness (QED) is 0.266. The molecule has 2 atom stereocenters. The van der Waals surface area contributed by atoms with Crippen LogP contribution in [0.4, 0.5) is 4.39 Å². The van der Waals surface area contributed by atoms with Crippen LogP contribution in [-0.2, 0) is 16.0 Å². The number of esters is 1. The number of alkyl halides is 1. The third-order valence-corrected chi connectivity index (χ3v) is 6.99. The molecule has 2 aromatic rings. The lowest BCUT2D eigenvalue weighted by molar-refractivity contribution is -0.158. The van der Waals surface area contributed by atoms with E-state index in [1.807, 2.05) is 19.3 Å². The highest BCUT2D eigenvalue weighted by Crippen LogP contribution is 2.35. The molecule has 1 aromatic heterocycles. The van der Waals surface area contributed by atoms with Gasteiger partial charge < -0.3 is 4.74 Å². The average molecular weight is 455 g/mol. The summed E-state index contributed by atoms with van der Waals surface area (Å²) >= 11 is 0. The van der Waals surface area contributed by atoms with Crippen LogP contribution in [0.25, 0.3) is 11.4 Å². The molecule has 3 rings (SSSR count). The molecule has 5 heteroatoms. The molecule has 0 saturated heterocycles. The Kier molecular flexibility index (Phi) is 9.83. The Labute approximate surface area is 198 Å². The summed E-state index contributed by atoms with van der Waals surface area (Å²) in [5, 5.41) is 0. The number of ether oxygens (including phenoxy) is 1. The van der Waals surface area contributed by atoms with Crippen LogP contribution in [0, 0.1) is 5.92 Å². The van der Waals surface area contributed by atoms with Crippen LogP contribution in [0.3, 0.4) is 0 Å². The molecule has 33 heavy (non-hydrogen) atoms. The largest absolute Gasteiger partial charge is 0.460 e. The highest BCUT2D eigenvalue weighted by Gasteiger charge is 2.30. The molecule has 0 radical (unpaired) electrons. The van der Waals surface area contributed by atoms with Crippen LogP contribution in [0.5, 0.6) is 0 Å². The van der Waals surface area contributed by atoms with Gasteiger partial charge in [-0.1, -0.05) is 70.7 Å². The summed E-state index contributed by atoms with van der Waals surface area (Å²) in [5.74, 6) is 0.218. The summed E-state index contributed by atoms with van der Waals surface area (Å²) < 4.78 is 19.5. The topological polar surface area (TPSA) is 52.1 Å². The molecule has 0 spiro atoms. The first-order valence-electron chi connectivity index (χ1n) is 12.8. The van der Waals surface area contributed by atoms with E-state index in [4.69, 9.17) is 4.74 Å². The molecule has 180 valence electrons. The summed E-state index contributed by atoms with van der Waals surface area (Å²) in [7, 11) is 0. The number of aryl methyl sites for hydroxylation is 1. The van der Waals surface area contributed by atoms with Crippen molar-refractivity contribution in [3.63, 3.8) is 0 Å². The van der Waals surface area contributed by atoms with Gasteiger partial charge in [-0.15, -0.1) is 0 Å². The minimum Gasteiger partial charge on any atom is -0.460 e. The number of nitrogens with zero attached hydrogens (tertiary/aromatic N) is 2. The van der Waals surface area contributed by atoms with E-state index in [1.54, 1.807) is 6.92 Å². The molecule has 4 nitrogen and oxygen atoms in total. The van der Waals surface area contributed by atoms with Crippen molar-refractivity contribution in [2.45, 2.75) is 103 Å². The third kappa shape index (κ3) is 7.35. The Morgan fingerprint density at radius 2 is 1.70 bits per heavy atom. The van der Waals surface area contributed by atoms with Gasteiger partial charge in [-0.05, 0) is 61.5 Å². The summed E-state index contributed by atoms with van der Waals surface area (Å²) in [6, 6.07) is 8.51. The molecule has 1 heterocycles. The molecule has 0 unspecified atom stereocenters. The number of rotatable bonds is 11. The lowest BCUT2D eigenvalue weighted by atomic mass is 9.82. The maximum absolute atomic E-state index is 14.1. The number of carbonyl (C=O) groups is 1. The molecular weight excluding hydrogens is 415 g/mol. The molecule has 0 aliphatic heterocycles. The van der Waals surface area contributed by atoms with Gasteiger partial charge in [-0.3, -0.25) is 0 Å². The Hall–Kier alpha value is -2.30. The fourth-order valence-corrected chi connectivity index (χ4v) is 4.48. The Morgan fingerprint density at radius 1 is 1.03 bits per heavy atom. The first kappa shape index (κ1) is 25.3. The molecule has 0 amide bonds. The zero-order chi connectivity index (χ0) is 23.6. The highest BCUT2D eigenvalue weighted by atomic mass is 19.1. The molecule has 1 saturated carbocycles. The van der Waals surface area contributed by atoms with E-state index in [1.165, 1.54) is 36.8 Å². The Morgan fingerprint density at radius 3 is 2.30 bits per heavy atom. The predicted molar refractivity (Wildman–Crippen MR) is 131 cm³/mol. The van der Waals surface area contributed by atoms with Gasteiger partial charge in [0.05, 0.1) is 0 Å². The van der Waals surface area contributed by atoms with Crippen LogP contribution in [-0.4, -0.2) is 28.2 Å². The molecular formula is C28H39FN2O2. The van der Waals surface area contributed by atoms with Crippen molar-refractivity contribution in [3.8, 4) is 11.4 Å². The number of benzene rings is 1. The number of aromatic nitrogens is 2. The number of unbranched alkanes of at least 4 members (excludes halogenated alkanes) is 3. The van der Waals surface area contributed by atoms with Gasteiger partial charge in [0, 0.05) is 18.0 Å². The van der Waals surface area contributed by atoms with Crippen molar-refractivity contribution < 1.29 is 13.9 Å². The molecule has 1 aromatic carbocycles. The monoisotopic (exact) mass is 454 g/mol. The molecule has 1 aliphatic rings. The summed E-state index contributed by atoms with van der Waals surface area (Å²) in [5.41, 5.74) is 3.52. The van der Waals surface area contributed by atoms with Crippen molar-refractivity contribution in [1.82, 2.24) is 9.97 Å². The zero-order valence-electron chi connectivity index (χ0n) is 20.4. The van der Waals surface area contributed by atoms with Gasteiger partial charge >= 0.3 is 5.97 Å². The standard InChI is InChI=1S/C28H39FN2O2/c1-4-6-7-8-9-21-18-30-27(31-19-21)24-12-10-22(11-13-24)23-14-16-25(17-15-23)33-28(32)26(29)20(3)5-2/h10-13,18-20,23,25-26H,4-9,14-17H2,1-3H3/t20-,23?,25?,26-/m0/s1. The predicted octanol–water partition coefficient (Wildman–Crippen LogP) is 7.22. The lowest BCUT2D eigenvalue weighted by Gasteiger charge is -2.29. The minimum absolute atomic E-state index is 0.163. The van der Waals surface area contributed by atoms with E-state index in [0.717, 1.165) is 43.5 Å². The van der Waals surface area contributed by atoms with Crippen LogP contribution < -0.4 is 0 Å². The smallest absolute Gasteiger partial charge is 0.341 e. The first-order valence-corrected chi connectivity index (χ1v) is 12.8. The van der Waals surface area contributed by atoms with Gasteiger partial charge in [0.1, 0.15) is 6.10 Å². The van der Waals surface area contributed by atoms with E-state index in [-0.39, 0.29) is 12.0 Å². The molecule has 1 aliphatic carbocycles. The number of hydrogen-bond acceptors (Lipinski definition) is 4. The van der Waals surface area contributed by atoms with Crippen molar-refractivity contribution in [2.24, 2.45) is 5.92 Å². The maximum atomic E-state index is 14.1. The lowest BCUT2D eigenvalue weighted by Crippen LogP contribution is -2.31. The number of hydrogen-bond donors (Lipinski definition) is 0. The van der Waals surface area contributed by atoms with E-state index in [9.17, 15) is 9.18 Å². The van der Waals surface area contributed by atoms with Crippen molar-refractivity contribution in [1.29, 1.82) is 0 Å². The average Bonchev–Trinajstić information content (AvgIpc) is 2.86. The number of carbonyl (C=O) groups excluding carboxylic acids is 1. The van der Waals surface area contributed by atoms with Crippen molar-refractivity contribution >= 4 is 5.97 Å². The van der Waals surface area contributed by atoms with Crippen molar-refractivity contribution in [3.05, 3.63) is 47.8 Å². The van der Waals surface area contributed by atoms with E-state index in [0.29, 0.717) is 12.3 Å². The maximum Gasteiger partial charge on any atom is 0.341 e. The number of halogens is 1. The summed E-state index contributed by atoms with van der Waals surface area (Å²) in [4.78, 5) is 21.2. The summed E-state index contributed by atoms with van der Waals surface area (Å²) in [6.45, 7) is 5.86. The second kappa shape index (κ2) is 12.8. The van der Waals surface area contributed by atoms with Gasteiger partial charge in [0.2, 0.25) is 0 Å². The van der Waals surface area contributed by atoms with Crippen LogP contribution in [0.2, 0.25) is 0 Å². The van der Waals surface area contributed by atoms with Crippen LogP contribution in [0.15, 0.2) is 36.7 Å². The van der Waals surface area contributed by atoms with E-state index < -0.39 is 12.1 Å².